The number of rotatable bonds is 2. The zero-order chi connectivity index (χ0) is 11.7. The highest BCUT2D eigenvalue weighted by Crippen LogP contribution is 1.82. The Bertz CT molecular complexity index is 157. The van der Waals surface area contributed by atoms with Crippen molar-refractivity contribution < 1.29 is 9.59 Å². The molecule has 0 unspecified atom stereocenters. The Balaban J connectivity index is 0. The van der Waals surface area contributed by atoms with Crippen LogP contribution in [0.15, 0.2) is 0 Å². The quantitative estimate of drug-likeness (QED) is 0.669. The van der Waals surface area contributed by atoms with Gasteiger partial charge >= 0.3 is 0 Å². The number of hydrogen-bond acceptors (Lipinski definition) is 2. The van der Waals surface area contributed by atoms with Crippen molar-refractivity contribution in [3.8, 4) is 0 Å². The van der Waals surface area contributed by atoms with Gasteiger partial charge in [0.2, 0.25) is 11.8 Å². The Morgan fingerprint density at radius 3 is 1.00 bits per heavy atom. The smallest absolute Gasteiger partial charge is 0.221 e. The normalized spacial score (nSPS) is 8.43. The van der Waals surface area contributed by atoms with Crippen LogP contribution in [0.5, 0.6) is 0 Å². The molecule has 0 bridgehead atoms. The van der Waals surface area contributed by atoms with Crippen LogP contribution in [0.2, 0.25) is 0 Å². The molecule has 0 aliphatic rings. The first-order chi connectivity index (χ1) is 6.36. The standard InChI is InChI=1S/2C5H11NO/c2*1-4-5(7)6(2)3/h2*4H2,1-3H3. The largest absolute Gasteiger partial charge is 0.349 e. The van der Waals surface area contributed by atoms with Gasteiger partial charge in [-0.15, -0.1) is 0 Å². The monoisotopic (exact) mass is 202 g/mol. The highest BCUT2D eigenvalue weighted by molar-refractivity contribution is 5.75. The van der Waals surface area contributed by atoms with E-state index < -0.39 is 0 Å². The number of nitrogens with zero attached hydrogens (tertiary/aromatic N) is 2. The van der Waals surface area contributed by atoms with Crippen LogP contribution in [0.25, 0.3) is 0 Å². The Morgan fingerprint density at radius 2 is 1.00 bits per heavy atom. The van der Waals surface area contributed by atoms with Gasteiger partial charge in [0.15, 0.2) is 0 Å². The van der Waals surface area contributed by atoms with E-state index in [9.17, 15) is 9.59 Å². The maximum atomic E-state index is 10.4. The molecule has 0 spiro atoms. The van der Waals surface area contributed by atoms with Crippen LogP contribution >= 0.6 is 0 Å². The fraction of sp³-hybridized carbons (Fsp3) is 0.800. The molecule has 0 aromatic carbocycles. The Kier molecular flexibility index (Phi) is 9.40. The molecule has 0 rings (SSSR count). The third-order valence-electron chi connectivity index (χ3n) is 1.60. The van der Waals surface area contributed by atoms with Crippen molar-refractivity contribution in [3.05, 3.63) is 0 Å². The minimum atomic E-state index is 0.181. The predicted octanol–water partition coefficient (Wildman–Crippen LogP) is 0.969. The summed E-state index contributed by atoms with van der Waals surface area (Å²) in [6, 6.07) is 0. The maximum Gasteiger partial charge on any atom is 0.221 e. The van der Waals surface area contributed by atoms with Gasteiger partial charge in [-0.1, -0.05) is 13.8 Å². The van der Waals surface area contributed by atoms with Crippen LogP contribution in [0, 0.1) is 0 Å². The van der Waals surface area contributed by atoms with Gasteiger partial charge < -0.3 is 9.80 Å². The van der Waals surface area contributed by atoms with Gasteiger partial charge in [0.05, 0.1) is 0 Å². The lowest BCUT2D eigenvalue weighted by molar-refractivity contribution is -0.129. The second-order valence-electron chi connectivity index (χ2n) is 3.28. The molecular weight excluding hydrogens is 180 g/mol. The first kappa shape index (κ1) is 15.4. The van der Waals surface area contributed by atoms with E-state index in [4.69, 9.17) is 0 Å². The average molecular weight is 202 g/mol. The highest BCUT2D eigenvalue weighted by atomic mass is 16.2. The molecule has 0 aliphatic carbocycles. The second-order valence-corrected chi connectivity index (χ2v) is 3.28. The zero-order valence-corrected chi connectivity index (χ0v) is 10.1. The molecule has 84 valence electrons. The van der Waals surface area contributed by atoms with Crippen LogP contribution in [0.3, 0.4) is 0 Å². The van der Waals surface area contributed by atoms with Gasteiger partial charge in [0.25, 0.3) is 0 Å². The zero-order valence-electron chi connectivity index (χ0n) is 10.1. The average Bonchev–Trinajstić information content (AvgIpc) is 2.15. The molecular formula is C10H22N2O2. The van der Waals surface area contributed by atoms with E-state index >= 15 is 0 Å². The fourth-order valence-electron chi connectivity index (χ4n) is 0.632. The number of amides is 2. The fourth-order valence-corrected chi connectivity index (χ4v) is 0.632. The molecule has 0 saturated carbocycles. The molecule has 0 aromatic rings. The Hall–Kier alpha value is -1.06. The van der Waals surface area contributed by atoms with Crippen LogP contribution in [-0.2, 0) is 9.59 Å². The van der Waals surface area contributed by atoms with E-state index in [2.05, 4.69) is 0 Å². The molecule has 2 amide bonds. The first-order valence-corrected chi connectivity index (χ1v) is 4.77. The number of hydrogen-bond donors (Lipinski definition) is 0. The minimum absolute atomic E-state index is 0.181. The molecule has 0 radical (unpaired) electrons. The highest BCUT2D eigenvalue weighted by Gasteiger charge is 1.95. The van der Waals surface area contributed by atoms with Crippen molar-refractivity contribution in [3.63, 3.8) is 0 Å². The summed E-state index contributed by atoms with van der Waals surface area (Å²) in [7, 11) is 7.02. The van der Waals surface area contributed by atoms with Gasteiger partial charge in [0.1, 0.15) is 0 Å². The van der Waals surface area contributed by atoms with E-state index in [1.165, 1.54) is 0 Å². The van der Waals surface area contributed by atoms with Crippen molar-refractivity contribution >= 4 is 11.8 Å². The van der Waals surface area contributed by atoms with Crippen molar-refractivity contribution in [2.75, 3.05) is 28.2 Å². The summed E-state index contributed by atoms with van der Waals surface area (Å²) in [5, 5.41) is 0. The van der Waals surface area contributed by atoms with Crippen molar-refractivity contribution in [2.45, 2.75) is 26.7 Å². The molecule has 0 atom stereocenters. The summed E-state index contributed by atoms with van der Waals surface area (Å²) in [5.74, 6) is 0.361. The van der Waals surface area contributed by atoms with Gasteiger partial charge in [0, 0.05) is 41.0 Å². The maximum absolute atomic E-state index is 10.4. The SMILES string of the molecule is CCC(=O)N(C)C.CCC(=O)N(C)C. The van der Waals surface area contributed by atoms with E-state index in [1.54, 1.807) is 38.0 Å². The second kappa shape index (κ2) is 8.53. The molecule has 0 heterocycles. The molecule has 0 aliphatic heterocycles. The van der Waals surface area contributed by atoms with Crippen molar-refractivity contribution in [1.82, 2.24) is 9.80 Å². The van der Waals surface area contributed by atoms with Gasteiger partial charge in [-0.05, 0) is 0 Å². The number of carbonyl (C=O) groups excluding carboxylic acids is 2. The van der Waals surface area contributed by atoms with Gasteiger partial charge in [-0.25, -0.2) is 0 Å². The predicted molar refractivity (Wildman–Crippen MR) is 58.0 cm³/mol. The third kappa shape index (κ3) is 9.03. The summed E-state index contributed by atoms with van der Waals surface area (Å²) in [4.78, 5) is 24.0. The van der Waals surface area contributed by atoms with E-state index in [0.29, 0.717) is 12.8 Å². The molecule has 0 saturated heterocycles. The van der Waals surface area contributed by atoms with Gasteiger partial charge in [-0.2, -0.15) is 0 Å². The lowest BCUT2D eigenvalue weighted by atomic mass is 10.4. The van der Waals surface area contributed by atoms with Crippen LogP contribution < -0.4 is 0 Å². The molecule has 0 aromatic heterocycles. The molecule has 0 fully saturated rings. The molecule has 4 nitrogen and oxygen atoms in total. The summed E-state index contributed by atoms with van der Waals surface area (Å²) in [6.45, 7) is 3.70. The first-order valence-electron chi connectivity index (χ1n) is 4.77. The van der Waals surface area contributed by atoms with E-state index in [-0.39, 0.29) is 11.8 Å². The molecule has 4 heteroatoms. The van der Waals surface area contributed by atoms with Crippen LogP contribution in [0.4, 0.5) is 0 Å². The molecule has 0 N–H and O–H groups in total. The van der Waals surface area contributed by atoms with Crippen molar-refractivity contribution in [1.29, 1.82) is 0 Å². The summed E-state index contributed by atoms with van der Waals surface area (Å²) in [5.41, 5.74) is 0. The third-order valence-corrected chi connectivity index (χ3v) is 1.60. The topological polar surface area (TPSA) is 40.6 Å². The van der Waals surface area contributed by atoms with E-state index in [0.717, 1.165) is 0 Å². The Labute approximate surface area is 86.9 Å². The minimum Gasteiger partial charge on any atom is -0.349 e. The van der Waals surface area contributed by atoms with Crippen LogP contribution in [-0.4, -0.2) is 49.8 Å². The summed E-state index contributed by atoms with van der Waals surface area (Å²) >= 11 is 0. The molecule has 14 heavy (non-hydrogen) atoms. The van der Waals surface area contributed by atoms with Crippen LogP contribution in [0.1, 0.15) is 26.7 Å². The Morgan fingerprint density at radius 1 is 0.786 bits per heavy atom. The van der Waals surface area contributed by atoms with Gasteiger partial charge in [-0.3, -0.25) is 9.59 Å². The lowest BCUT2D eigenvalue weighted by Crippen LogP contribution is -2.19. The van der Waals surface area contributed by atoms with Crippen molar-refractivity contribution in [2.24, 2.45) is 0 Å². The van der Waals surface area contributed by atoms with E-state index in [1.807, 2.05) is 13.8 Å². The summed E-state index contributed by atoms with van der Waals surface area (Å²) in [6.07, 6.45) is 1.21. The lowest BCUT2D eigenvalue weighted by Gasteiger charge is -2.05. The summed E-state index contributed by atoms with van der Waals surface area (Å²) < 4.78 is 0. The number of carbonyl (C=O) groups is 2.